The van der Waals surface area contributed by atoms with Crippen molar-refractivity contribution in [3.8, 4) is 0 Å². The third-order valence-electron chi connectivity index (χ3n) is 2.51. The molecule has 1 aromatic rings. The van der Waals surface area contributed by atoms with E-state index < -0.39 is 0 Å². The maximum Gasteiger partial charge on any atom is 0.0897 e. The van der Waals surface area contributed by atoms with Crippen molar-refractivity contribution in [2.24, 2.45) is 0 Å². The second kappa shape index (κ2) is 5.58. The van der Waals surface area contributed by atoms with Crippen molar-refractivity contribution in [3.05, 3.63) is 16.1 Å². The molecule has 4 heteroatoms. The Morgan fingerprint density at radius 3 is 2.80 bits per heavy atom. The van der Waals surface area contributed by atoms with E-state index in [9.17, 15) is 5.11 Å². The zero-order valence-electron chi connectivity index (χ0n) is 9.71. The molecule has 0 aromatic carbocycles. The van der Waals surface area contributed by atoms with Gasteiger partial charge in [0.1, 0.15) is 0 Å². The summed E-state index contributed by atoms with van der Waals surface area (Å²) >= 11 is 1.66. The van der Waals surface area contributed by atoms with Gasteiger partial charge in [0, 0.05) is 17.5 Å². The Bertz CT molecular complexity index is 301. The van der Waals surface area contributed by atoms with Gasteiger partial charge >= 0.3 is 0 Å². The summed E-state index contributed by atoms with van der Waals surface area (Å²) in [5.74, 6) is 0. The van der Waals surface area contributed by atoms with Crippen LogP contribution in [0.5, 0.6) is 0 Å². The smallest absolute Gasteiger partial charge is 0.0897 e. The first-order valence-corrected chi connectivity index (χ1v) is 6.24. The van der Waals surface area contributed by atoms with Crippen molar-refractivity contribution in [2.75, 3.05) is 6.61 Å². The number of nitrogens with one attached hydrogen (secondary N) is 1. The minimum absolute atomic E-state index is 0.171. The number of aromatic nitrogens is 1. The van der Waals surface area contributed by atoms with E-state index in [1.807, 2.05) is 6.92 Å². The number of nitrogens with zero attached hydrogens (tertiary/aromatic N) is 1. The fraction of sp³-hybridized carbons (Fsp3) is 0.727. The van der Waals surface area contributed by atoms with E-state index in [1.54, 1.807) is 11.3 Å². The molecular formula is C11H20N2OS. The second-order valence-corrected chi connectivity index (χ2v) is 5.24. The standard InChI is InChI=1S/C11H20N2OS/c1-4-5-11(3,8-14)12-6-10-7-15-9(2)13-10/h7,12,14H,4-6,8H2,1-3H3. The molecule has 0 aliphatic heterocycles. The van der Waals surface area contributed by atoms with Crippen LogP contribution in [0.1, 0.15) is 37.4 Å². The number of hydrogen-bond acceptors (Lipinski definition) is 4. The van der Waals surface area contributed by atoms with Gasteiger partial charge < -0.3 is 10.4 Å². The summed E-state index contributed by atoms with van der Waals surface area (Å²) < 4.78 is 0. The van der Waals surface area contributed by atoms with Crippen LogP contribution in [-0.4, -0.2) is 22.2 Å². The van der Waals surface area contributed by atoms with Crippen molar-refractivity contribution in [3.63, 3.8) is 0 Å². The van der Waals surface area contributed by atoms with E-state index in [0.717, 1.165) is 30.1 Å². The van der Waals surface area contributed by atoms with E-state index >= 15 is 0 Å². The lowest BCUT2D eigenvalue weighted by Gasteiger charge is -2.28. The van der Waals surface area contributed by atoms with Gasteiger partial charge in [0.2, 0.25) is 0 Å². The van der Waals surface area contributed by atoms with E-state index in [1.165, 1.54) is 0 Å². The van der Waals surface area contributed by atoms with Gasteiger partial charge in [-0.3, -0.25) is 0 Å². The molecule has 0 radical (unpaired) electrons. The first kappa shape index (κ1) is 12.6. The summed E-state index contributed by atoms with van der Waals surface area (Å²) in [6.07, 6.45) is 2.05. The number of rotatable bonds is 6. The Morgan fingerprint density at radius 1 is 1.60 bits per heavy atom. The summed E-state index contributed by atoms with van der Waals surface area (Å²) in [5, 5.41) is 15.8. The van der Waals surface area contributed by atoms with Crippen LogP contribution in [0.3, 0.4) is 0 Å². The number of aryl methyl sites for hydroxylation is 1. The van der Waals surface area contributed by atoms with Crippen LogP contribution in [0.2, 0.25) is 0 Å². The van der Waals surface area contributed by atoms with Gasteiger partial charge in [0.05, 0.1) is 17.3 Å². The highest BCUT2D eigenvalue weighted by atomic mass is 32.1. The summed E-state index contributed by atoms with van der Waals surface area (Å²) in [7, 11) is 0. The highest BCUT2D eigenvalue weighted by molar-refractivity contribution is 7.09. The number of thiazole rings is 1. The molecule has 0 aliphatic carbocycles. The van der Waals surface area contributed by atoms with Crippen LogP contribution < -0.4 is 5.32 Å². The topological polar surface area (TPSA) is 45.1 Å². The van der Waals surface area contributed by atoms with Crippen LogP contribution in [0.15, 0.2) is 5.38 Å². The molecule has 86 valence electrons. The van der Waals surface area contributed by atoms with Gasteiger partial charge in [0.15, 0.2) is 0 Å². The zero-order chi connectivity index (χ0) is 11.3. The molecular weight excluding hydrogens is 208 g/mol. The lowest BCUT2D eigenvalue weighted by Crippen LogP contribution is -2.45. The Morgan fingerprint density at radius 2 is 2.33 bits per heavy atom. The van der Waals surface area contributed by atoms with E-state index in [4.69, 9.17) is 0 Å². The first-order chi connectivity index (χ1) is 7.09. The maximum atomic E-state index is 9.32. The van der Waals surface area contributed by atoms with Gasteiger partial charge in [0.25, 0.3) is 0 Å². The zero-order valence-corrected chi connectivity index (χ0v) is 10.5. The SMILES string of the molecule is CCCC(C)(CO)NCc1csc(C)n1. The normalized spacial score (nSPS) is 15.2. The molecule has 0 saturated carbocycles. The van der Waals surface area contributed by atoms with Crippen molar-refractivity contribution < 1.29 is 5.11 Å². The van der Waals surface area contributed by atoms with E-state index in [2.05, 4.69) is 29.5 Å². The highest BCUT2D eigenvalue weighted by Crippen LogP contribution is 2.13. The predicted octanol–water partition coefficient (Wildman–Crippen LogP) is 2.09. The molecule has 3 nitrogen and oxygen atoms in total. The number of hydrogen-bond donors (Lipinski definition) is 2. The molecule has 0 aliphatic rings. The van der Waals surface area contributed by atoms with Crippen LogP contribution in [0, 0.1) is 6.92 Å². The molecule has 1 heterocycles. The molecule has 1 unspecified atom stereocenters. The lowest BCUT2D eigenvalue weighted by molar-refractivity contribution is 0.163. The van der Waals surface area contributed by atoms with Crippen LogP contribution >= 0.6 is 11.3 Å². The van der Waals surface area contributed by atoms with Crippen LogP contribution in [-0.2, 0) is 6.54 Å². The minimum Gasteiger partial charge on any atom is -0.394 e. The van der Waals surface area contributed by atoms with Crippen LogP contribution in [0.4, 0.5) is 0 Å². The molecule has 0 saturated heterocycles. The van der Waals surface area contributed by atoms with E-state index in [-0.39, 0.29) is 12.1 Å². The fourth-order valence-corrected chi connectivity index (χ4v) is 2.18. The van der Waals surface area contributed by atoms with Crippen molar-refractivity contribution in [1.82, 2.24) is 10.3 Å². The van der Waals surface area contributed by atoms with Crippen molar-refractivity contribution >= 4 is 11.3 Å². The van der Waals surface area contributed by atoms with Gasteiger partial charge in [-0.1, -0.05) is 13.3 Å². The second-order valence-electron chi connectivity index (χ2n) is 4.18. The molecule has 0 fully saturated rings. The minimum atomic E-state index is -0.174. The molecule has 1 rings (SSSR count). The van der Waals surface area contributed by atoms with Gasteiger partial charge in [-0.2, -0.15) is 0 Å². The Balaban J connectivity index is 2.47. The third kappa shape index (κ3) is 3.89. The van der Waals surface area contributed by atoms with Gasteiger partial charge in [-0.25, -0.2) is 4.98 Å². The van der Waals surface area contributed by atoms with Gasteiger partial charge in [-0.05, 0) is 20.3 Å². The summed E-state index contributed by atoms with van der Waals surface area (Å²) in [4.78, 5) is 4.38. The van der Waals surface area contributed by atoms with E-state index in [0.29, 0.717) is 0 Å². The van der Waals surface area contributed by atoms with Crippen molar-refractivity contribution in [1.29, 1.82) is 0 Å². The quantitative estimate of drug-likeness (QED) is 0.783. The Kier molecular flexibility index (Phi) is 4.70. The maximum absolute atomic E-state index is 9.32. The predicted molar refractivity (Wildman–Crippen MR) is 64.1 cm³/mol. The Hall–Kier alpha value is -0.450. The summed E-state index contributed by atoms with van der Waals surface area (Å²) in [5.41, 5.74) is 0.889. The monoisotopic (exact) mass is 228 g/mol. The van der Waals surface area contributed by atoms with Gasteiger partial charge in [-0.15, -0.1) is 11.3 Å². The average Bonchev–Trinajstić information content (AvgIpc) is 2.62. The van der Waals surface area contributed by atoms with Crippen molar-refractivity contribution in [2.45, 2.75) is 45.7 Å². The summed E-state index contributed by atoms with van der Waals surface area (Å²) in [6.45, 7) is 7.09. The first-order valence-electron chi connectivity index (χ1n) is 5.36. The number of aliphatic hydroxyl groups is 1. The molecule has 0 spiro atoms. The molecule has 1 aromatic heterocycles. The largest absolute Gasteiger partial charge is 0.394 e. The molecule has 1 atom stereocenters. The molecule has 0 amide bonds. The highest BCUT2D eigenvalue weighted by Gasteiger charge is 2.21. The lowest BCUT2D eigenvalue weighted by atomic mass is 9.97. The Labute approximate surface area is 95.6 Å². The fourth-order valence-electron chi connectivity index (χ4n) is 1.57. The number of aliphatic hydroxyl groups excluding tert-OH is 1. The van der Waals surface area contributed by atoms with Crippen LogP contribution in [0.25, 0.3) is 0 Å². The summed E-state index contributed by atoms with van der Waals surface area (Å²) in [6, 6.07) is 0. The molecule has 2 N–H and O–H groups in total. The average molecular weight is 228 g/mol. The molecule has 0 bridgehead atoms. The third-order valence-corrected chi connectivity index (χ3v) is 3.34. The molecule has 15 heavy (non-hydrogen) atoms.